The summed E-state index contributed by atoms with van der Waals surface area (Å²) in [5, 5.41) is 8.75. The third kappa shape index (κ3) is 1.92. The molecule has 2 aromatic heterocycles. The molecule has 16 heavy (non-hydrogen) atoms. The van der Waals surface area contributed by atoms with E-state index in [-0.39, 0.29) is 11.4 Å². The van der Waals surface area contributed by atoms with Crippen molar-refractivity contribution in [3.8, 4) is 11.4 Å². The van der Waals surface area contributed by atoms with Gasteiger partial charge in [-0.2, -0.15) is 4.98 Å². The summed E-state index contributed by atoms with van der Waals surface area (Å²) in [4.78, 5) is 35.2. The van der Waals surface area contributed by atoms with Gasteiger partial charge < -0.3 is 5.11 Å². The standard InChI is InChI=1S/C9H6N4O3/c14-8(15)6-3-5(12-9(16)13-6)7-4-10-1-2-11-7/h1-4H,(H,14,15)(H,12,13,16). The molecule has 80 valence electrons. The van der Waals surface area contributed by atoms with E-state index in [1.54, 1.807) is 0 Å². The number of carboxylic acid groups (broad SMARTS) is 1. The van der Waals surface area contributed by atoms with E-state index in [1.165, 1.54) is 24.7 Å². The van der Waals surface area contributed by atoms with Gasteiger partial charge in [-0.1, -0.05) is 0 Å². The first-order valence-electron chi connectivity index (χ1n) is 4.28. The van der Waals surface area contributed by atoms with E-state index in [9.17, 15) is 9.59 Å². The highest BCUT2D eigenvalue weighted by molar-refractivity contribution is 5.86. The third-order valence-corrected chi connectivity index (χ3v) is 1.80. The van der Waals surface area contributed by atoms with Crippen LogP contribution < -0.4 is 5.69 Å². The van der Waals surface area contributed by atoms with Gasteiger partial charge in [0.2, 0.25) is 0 Å². The molecule has 0 saturated carbocycles. The first kappa shape index (κ1) is 9.97. The molecule has 0 unspecified atom stereocenters. The molecule has 0 spiro atoms. The molecule has 0 atom stereocenters. The van der Waals surface area contributed by atoms with Gasteiger partial charge >= 0.3 is 11.7 Å². The topological polar surface area (TPSA) is 109 Å². The predicted molar refractivity (Wildman–Crippen MR) is 52.8 cm³/mol. The molecular formula is C9H6N4O3. The molecular weight excluding hydrogens is 212 g/mol. The molecule has 0 aromatic carbocycles. The Kier molecular flexibility index (Phi) is 2.42. The van der Waals surface area contributed by atoms with Gasteiger partial charge in [0.15, 0.2) is 0 Å². The molecule has 2 aromatic rings. The number of aromatic nitrogens is 4. The van der Waals surface area contributed by atoms with Crippen molar-refractivity contribution in [2.75, 3.05) is 0 Å². The summed E-state index contributed by atoms with van der Waals surface area (Å²) < 4.78 is 0. The van der Waals surface area contributed by atoms with Crippen LogP contribution >= 0.6 is 0 Å². The van der Waals surface area contributed by atoms with Gasteiger partial charge in [-0.15, -0.1) is 0 Å². The van der Waals surface area contributed by atoms with Crippen LogP contribution in [0, 0.1) is 0 Å². The Bertz CT molecular complexity index is 579. The maximum absolute atomic E-state index is 11.1. The zero-order valence-corrected chi connectivity index (χ0v) is 7.91. The lowest BCUT2D eigenvalue weighted by atomic mass is 10.2. The molecule has 0 saturated heterocycles. The Balaban J connectivity index is 2.58. The van der Waals surface area contributed by atoms with Crippen molar-refractivity contribution < 1.29 is 9.90 Å². The van der Waals surface area contributed by atoms with Crippen LogP contribution in [0.5, 0.6) is 0 Å². The summed E-state index contributed by atoms with van der Waals surface area (Å²) in [7, 11) is 0. The van der Waals surface area contributed by atoms with Crippen LogP contribution in [0.4, 0.5) is 0 Å². The minimum Gasteiger partial charge on any atom is -0.477 e. The number of hydrogen-bond donors (Lipinski definition) is 2. The van der Waals surface area contributed by atoms with Crippen molar-refractivity contribution >= 4 is 5.97 Å². The average Bonchev–Trinajstić information content (AvgIpc) is 2.29. The number of nitrogens with one attached hydrogen (secondary N) is 1. The molecule has 0 aliphatic carbocycles. The number of H-pyrrole nitrogens is 1. The fourth-order valence-electron chi connectivity index (χ4n) is 1.14. The number of aromatic amines is 1. The van der Waals surface area contributed by atoms with Crippen molar-refractivity contribution in [2.24, 2.45) is 0 Å². The van der Waals surface area contributed by atoms with Crippen LogP contribution in [0.2, 0.25) is 0 Å². The number of aromatic carboxylic acids is 1. The zero-order valence-electron chi connectivity index (χ0n) is 7.91. The molecule has 0 radical (unpaired) electrons. The number of carbonyl (C=O) groups is 1. The van der Waals surface area contributed by atoms with Crippen molar-refractivity contribution in [1.82, 2.24) is 19.9 Å². The lowest BCUT2D eigenvalue weighted by Gasteiger charge is -1.99. The van der Waals surface area contributed by atoms with E-state index in [4.69, 9.17) is 5.11 Å². The van der Waals surface area contributed by atoms with Gasteiger partial charge in [0.1, 0.15) is 11.4 Å². The number of rotatable bonds is 2. The first-order chi connectivity index (χ1) is 7.66. The van der Waals surface area contributed by atoms with Gasteiger partial charge in [0.25, 0.3) is 0 Å². The summed E-state index contributed by atoms with van der Waals surface area (Å²) in [5.74, 6) is -1.23. The molecule has 0 bridgehead atoms. The van der Waals surface area contributed by atoms with Gasteiger partial charge in [-0.05, 0) is 6.07 Å². The number of carboxylic acids is 1. The van der Waals surface area contributed by atoms with Crippen LogP contribution in [0.1, 0.15) is 10.5 Å². The van der Waals surface area contributed by atoms with E-state index >= 15 is 0 Å². The highest BCUT2D eigenvalue weighted by atomic mass is 16.4. The second-order valence-electron chi connectivity index (χ2n) is 2.88. The highest BCUT2D eigenvalue weighted by Crippen LogP contribution is 2.10. The monoisotopic (exact) mass is 218 g/mol. The van der Waals surface area contributed by atoms with Crippen LogP contribution in [-0.2, 0) is 0 Å². The molecule has 2 N–H and O–H groups in total. The Morgan fingerprint density at radius 2 is 2.12 bits per heavy atom. The second-order valence-corrected chi connectivity index (χ2v) is 2.88. The number of hydrogen-bond acceptors (Lipinski definition) is 5. The Labute approximate surface area is 88.8 Å². The molecule has 7 nitrogen and oxygen atoms in total. The van der Waals surface area contributed by atoms with Crippen LogP contribution in [0.15, 0.2) is 29.5 Å². The Morgan fingerprint density at radius 3 is 2.75 bits per heavy atom. The van der Waals surface area contributed by atoms with Crippen LogP contribution in [0.3, 0.4) is 0 Å². The summed E-state index contributed by atoms with van der Waals surface area (Å²) in [5.41, 5.74) is -0.452. The molecule has 2 rings (SSSR count). The van der Waals surface area contributed by atoms with E-state index in [2.05, 4.69) is 19.9 Å². The molecule has 7 heteroatoms. The van der Waals surface area contributed by atoms with Crippen LogP contribution in [0.25, 0.3) is 11.4 Å². The predicted octanol–water partition coefficient (Wildman–Crippen LogP) is -0.0749. The fraction of sp³-hybridized carbons (Fsp3) is 0. The van der Waals surface area contributed by atoms with Crippen molar-refractivity contribution in [2.45, 2.75) is 0 Å². The van der Waals surface area contributed by atoms with Crippen molar-refractivity contribution in [3.63, 3.8) is 0 Å². The van der Waals surface area contributed by atoms with E-state index in [1.807, 2.05) is 0 Å². The molecule has 0 fully saturated rings. The minimum absolute atomic E-state index is 0.175. The fourth-order valence-corrected chi connectivity index (χ4v) is 1.14. The molecule has 2 heterocycles. The minimum atomic E-state index is -1.23. The normalized spacial score (nSPS) is 10.0. The Morgan fingerprint density at radius 1 is 1.31 bits per heavy atom. The highest BCUT2D eigenvalue weighted by Gasteiger charge is 2.09. The lowest BCUT2D eigenvalue weighted by Crippen LogP contribution is -2.16. The average molecular weight is 218 g/mol. The maximum Gasteiger partial charge on any atom is 0.352 e. The van der Waals surface area contributed by atoms with Crippen molar-refractivity contribution in [3.05, 3.63) is 40.8 Å². The third-order valence-electron chi connectivity index (χ3n) is 1.80. The summed E-state index contributed by atoms with van der Waals surface area (Å²) >= 11 is 0. The summed E-state index contributed by atoms with van der Waals surface area (Å²) in [6.07, 6.45) is 4.29. The quantitative estimate of drug-likeness (QED) is 0.729. The van der Waals surface area contributed by atoms with Gasteiger partial charge in [0, 0.05) is 12.4 Å². The molecule has 0 aliphatic rings. The summed E-state index contributed by atoms with van der Waals surface area (Å²) in [6, 6.07) is 1.23. The summed E-state index contributed by atoms with van der Waals surface area (Å²) in [6.45, 7) is 0. The smallest absolute Gasteiger partial charge is 0.352 e. The lowest BCUT2D eigenvalue weighted by molar-refractivity contribution is 0.0690. The molecule has 0 aliphatic heterocycles. The van der Waals surface area contributed by atoms with Gasteiger partial charge in [-0.3, -0.25) is 15.0 Å². The van der Waals surface area contributed by atoms with E-state index in [0.717, 1.165) is 0 Å². The van der Waals surface area contributed by atoms with E-state index in [0.29, 0.717) is 5.69 Å². The number of nitrogens with zero attached hydrogens (tertiary/aromatic N) is 3. The van der Waals surface area contributed by atoms with Crippen LogP contribution in [-0.4, -0.2) is 31.0 Å². The SMILES string of the molecule is O=C(O)c1cc(-c2cnccn2)nc(=O)[nH]1. The zero-order chi connectivity index (χ0) is 11.5. The first-order valence-corrected chi connectivity index (χ1v) is 4.28. The largest absolute Gasteiger partial charge is 0.477 e. The van der Waals surface area contributed by atoms with E-state index < -0.39 is 11.7 Å². The molecule has 0 amide bonds. The van der Waals surface area contributed by atoms with Crippen molar-refractivity contribution in [1.29, 1.82) is 0 Å². The second kappa shape index (κ2) is 3.89. The maximum atomic E-state index is 11.1. The van der Waals surface area contributed by atoms with Gasteiger partial charge in [0.05, 0.1) is 11.9 Å². The van der Waals surface area contributed by atoms with Gasteiger partial charge in [-0.25, -0.2) is 9.59 Å². The Hall–Kier alpha value is -2.57.